The highest BCUT2D eigenvalue weighted by atomic mass is 16.5. The maximum absolute atomic E-state index is 9.13. The highest BCUT2D eigenvalue weighted by Crippen LogP contribution is 2.33. The first-order valence-corrected chi connectivity index (χ1v) is 6.46. The summed E-state index contributed by atoms with van der Waals surface area (Å²) in [6.45, 7) is 1.82. The average Bonchev–Trinajstić information content (AvgIpc) is 2.47. The molecule has 0 atom stereocenters. The maximum Gasteiger partial charge on any atom is 0.169 e. The van der Waals surface area contributed by atoms with Crippen molar-refractivity contribution >= 4 is 5.84 Å². The molecule has 2 rings (SSSR count). The summed E-state index contributed by atoms with van der Waals surface area (Å²) in [7, 11) is 1.55. The van der Waals surface area contributed by atoms with Crippen LogP contribution in [0.1, 0.15) is 16.7 Å². The largest absolute Gasteiger partial charge is 0.493 e. The summed E-state index contributed by atoms with van der Waals surface area (Å²) in [6, 6.07) is 10.6. The van der Waals surface area contributed by atoms with Crippen molar-refractivity contribution in [3.8, 4) is 17.2 Å². The molecule has 0 spiro atoms. The number of ether oxygens (including phenoxy) is 2. The molecule has 110 valence electrons. The lowest BCUT2D eigenvalue weighted by molar-refractivity contribution is 0.280. The van der Waals surface area contributed by atoms with Crippen LogP contribution in [0.2, 0.25) is 0 Å². The van der Waals surface area contributed by atoms with Gasteiger partial charge in [-0.15, -0.1) is 0 Å². The van der Waals surface area contributed by atoms with Crippen molar-refractivity contribution in [2.75, 3.05) is 7.11 Å². The zero-order valence-corrected chi connectivity index (χ0v) is 12.0. The molecule has 0 aliphatic heterocycles. The Morgan fingerprint density at radius 1 is 1.19 bits per heavy atom. The van der Waals surface area contributed by atoms with Crippen LogP contribution in [0.25, 0.3) is 0 Å². The molecule has 5 heteroatoms. The summed E-state index contributed by atoms with van der Waals surface area (Å²) in [4.78, 5) is 0. The van der Waals surface area contributed by atoms with Gasteiger partial charge < -0.3 is 20.3 Å². The van der Waals surface area contributed by atoms with E-state index >= 15 is 0 Å². The van der Waals surface area contributed by atoms with Gasteiger partial charge in [0.05, 0.1) is 13.7 Å². The first-order valence-electron chi connectivity index (χ1n) is 6.46. The Labute approximate surface area is 123 Å². The van der Waals surface area contributed by atoms with Gasteiger partial charge in [-0.1, -0.05) is 6.07 Å². The second-order valence-electron chi connectivity index (χ2n) is 4.64. The van der Waals surface area contributed by atoms with Crippen molar-refractivity contribution in [1.82, 2.24) is 0 Å². The fourth-order valence-electron chi connectivity index (χ4n) is 2.02. The Hall–Kier alpha value is -2.53. The third-order valence-electron chi connectivity index (χ3n) is 3.13. The van der Waals surface area contributed by atoms with E-state index in [1.165, 1.54) is 0 Å². The van der Waals surface area contributed by atoms with Gasteiger partial charge in [0.2, 0.25) is 0 Å². The number of hydrogen-bond donors (Lipinski definition) is 3. The summed E-state index contributed by atoms with van der Waals surface area (Å²) >= 11 is 0. The van der Waals surface area contributed by atoms with Gasteiger partial charge in [0.15, 0.2) is 11.5 Å². The molecule has 21 heavy (non-hydrogen) atoms. The quantitative estimate of drug-likeness (QED) is 0.582. The SMILES string of the molecule is COc1cc(CO)ccc1Oc1ccc(C(=N)N)c(C)c1. The normalized spacial score (nSPS) is 10.2. The van der Waals surface area contributed by atoms with Gasteiger partial charge in [-0.3, -0.25) is 5.41 Å². The molecule has 0 amide bonds. The second-order valence-corrected chi connectivity index (χ2v) is 4.64. The summed E-state index contributed by atoms with van der Waals surface area (Å²) in [6.07, 6.45) is 0. The van der Waals surface area contributed by atoms with E-state index in [0.717, 1.165) is 11.1 Å². The van der Waals surface area contributed by atoms with E-state index in [2.05, 4.69) is 0 Å². The molecule has 0 bridgehead atoms. The molecule has 2 aromatic carbocycles. The third-order valence-corrected chi connectivity index (χ3v) is 3.13. The van der Waals surface area contributed by atoms with Crippen LogP contribution in [0.4, 0.5) is 0 Å². The minimum Gasteiger partial charge on any atom is -0.493 e. The standard InChI is InChI=1S/C16H18N2O3/c1-10-7-12(4-5-13(10)16(17)18)21-14-6-3-11(9-19)8-15(14)20-2/h3-8,19H,9H2,1-2H3,(H3,17,18). The predicted molar refractivity (Wildman–Crippen MR) is 81.2 cm³/mol. The lowest BCUT2D eigenvalue weighted by Gasteiger charge is -2.13. The number of nitrogen functional groups attached to an aromatic ring is 1. The summed E-state index contributed by atoms with van der Waals surface area (Å²) in [5.74, 6) is 1.77. The van der Waals surface area contributed by atoms with E-state index in [1.807, 2.05) is 13.0 Å². The molecule has 0 aliphatic rings. The number of aliphatic hydroxyl groups excluding tert-OH is 1. The molecular formula is C16H18N2O3. The van der Waals surface area contributed by atoms with Gasteiger partial charge in [-0.25, -0.2) is 0 Å². The molecule has 0 radical (unpaired) electrons. The second kappa shape index (κ2) is 6.28. The summed E-state index contributed by atoms with van der Waals surface area (Å²) in [5, 5.41) is 16.6. The van der Waals surface area contributed by atoms with Crippen LogP contribution in [-0.2, 0) is 6.61 Å². The number of aryl methyl sites for hydroxylation is 1. The zero-order chi connectivity index (χ0) is 15.4. The van der Waals surface area contributed by atoms with E-state index in [0.29, 0.717) is 22.8 Å². The van der Waals surface area contributed by atoms with Crippen LogP contribution < -0.4 is 15.2 Å². The number of methoxy groups -OCH3 is 1. The molecule has 4 N–H and O–H groups in total. The number of nitrogens with two attached hydrogens (primary N) is 1. The fraction of sp³-hybridized carbons (Fsp3) is 0.188. The Kier molecular flexibility index (Phi) is 4.45. The van der Waals surface area contributed by atoms with Gasteiger partial charge in [-0.05, 0) is 48.4 Å². The number of aliphatic hydroxyl groups is 1. The van der Waals surface area contributed by atoms with Crippen molar-refractivity contribution in [3.05, 3.63) is 53.1 Å². The molecule has 0 heterocycles. The molecular weight excluding hydrogens is 268 g/mol. The van der Waals surface area contributed by atoms with Crippen molar-refractivity contribution in [1.29, 1.82) is 5.41 Å². The van der Waals surface area contributed by atoms with E-state index in [-0.39, 0.29) is 12.4 Å². The van der Waals surface area contributed by atoms with Crippen LogP contribution in [0, 0.1) is 12.3 Å². The maximum atomic E-state index is 9.13. The minimum absolute atomic E-state index is 0.0314. The van der Waals surface area contributed by atoms with Crippen LogP contribution >= 0.6 is 0 Å². The first kappa shape index (κ1) is 14.9. The fourth-order valence-corrected chi connectivity index (χ4v) is 2.02. The Morgan fingerprint density at radius 3 is 2.52 bits per heavy atom. The molecule has 0 unspecified atom stereocenters. The van der Waals surface area contributed by atoms with Crippen molar-refractivity contribution < 1.29 is 14.6 Å². The molecule has 0 aliphatic carbocycles. The van der Waals surface area contributed by atoms with Crippen LogP contribution in [0.5, 0.6) is 17.2 Å². The van der Waals surface area contributed by atoms with Crippen molar-refractivity contribution in [2.24, 2.45) is 5.73 Å². The van der Waals surface area contributed by atoms with Gasteiger partial charge in [-0.2, -0.15) is 0 Å². The zero-order valence-electron chi connectivity index (χ0n) is 12.0. The number of rotatable bonds is 5. The number of amidine groups is 1. The molecule has 5 nitrogen and oxygen atoms in total. The number of benzene rings is 2. The smallest absolute Gasteiger partial charge is 0.169 e. The number of hydrogen-bond acceptors (Lipinski definition) is 4. The Bertz CT molecular complexity index is 669. The molecule has 0 fully saturated rings. The topological polar surface area (TPSA) is 88.6 Å². The van der Waals surface area contributed by atoms with Crippen LogP contribution in [0.15, 0.2) is 36.4 Å². The van der Waals surface area contributed by atoms with E-state index in [4.69, 9.17) is 25.7 Å². The molecule has 0 saturated carbocycles. The summed E-state index contributed by atoms with van der Waals surface area (Å²) < 4.78 is 11.1. The molecule has 0 saturated heterocycles. The van der Waals surface area contributed by atoms with Gasteiger partial charge in [0, 0.05) is 5.56 Å². The first-order chi connectivity index (χ1) is 10.0. The van der Waals surface area contributed by atoms with E-state index in [9.17, 15) is 0 Å². The van der Waals surface area contributed by atoms with Crippen molar-refractivity contribution in [2.45, 2.75) is 13.5 Å². The molecule has 2 aromatic rings. The van der Waals surface area contributed by atoms with Gasteiger partial charge in [0.1, 0.15) is 11.6 Å². The lowest BCUT2D eigenvalue weighted by Crippen LogP contribution is -2.12. The van der Waals surface area contributed by atoms with Crippen molar-refractivity contribution in [3.63, 3.8) is 0 Å². The van der Waals surface area contributed by atoms with Gasteiger partial charge >= 0.3 is 0 Å². The monoisotopic (exact) mass is 286 g/mol. The van der Waals surface area contributed by atoms with E-state index < -0.39 is 0 Å². The van der Waals surface area contributed by atoms with Crippen LogP contribution in [-0.4, -0.2) is 18.1 Å². The predicted octanol–water partition coefficient (Wildman–Crippen LogP) is 2.57. The number of nitrogens with one attached hydrogen (secondary N) is 1. The Balaban J connectivity index is 2.30. The molecule has 0 aromatic heterocycles. The third kappa shape index (κ3) is 3.32. The minimum atomic E-state index is -0.0525. The van der Waals surface area contributed by atoms with Crippen LogP contribution in [0.3, 0.4) is 0 Å². The summed E-state index contributed by atoms with van der Waals surface area (Å²) in [5.41, 5.74) is 7.80. The van der Waals surface area contributed by atoms with Gasteiger partial charge in [0.25, 0.3) is 0 Å². The lowest BCUT2D eigenvalue weighted by atomic mass is 10.1. The van der Waals surface area contributed by atoms with E-state index in [1.54, 1.807) is 37.4 Å². The Morgan fingerprint density at radius 2 is 1.95 bits per heavy atom. The highest BCUT2D eigenvalue weighted by Gasteiger charge is 2.09. The highest BCUT2D eigenvalue weighted by molar-refractivity contribution is 5.96. The average molecular weight is 286 g/mol.